The normalized spacial score (nSPS) is 11.1. The SMILES string of the molecule is COc1ccc(S(N)(=O)=O)cc1NCc1ccncn1. The summed E-state index contributed by atoms with van der Waals surface area (Å²) in [4.78, 5) is 7.90. The number of nitrogens with two attached hydrogens (primary N) is 1. The Bertz CT molecular complexity index is 689. The molecule has 0 spiro atoms. The summed E-state index contributed by atoms with van der Waals surface area (Å²) in [5.74, 6) is 0.520. The minimum atomic E-state index is -3.75. The molecule has 0 saturated heterocycles. The van der Waals surface area contributed by atoms with E-state index in [9.17, 15) is 8.42 Å². The smallest absolute Gasteiger partial charge is 0.238 e. The van der Waals surface area contributed by atoms with Crippen molar-refractivity contribution in [1.82, 2.24) is 9.97 Å². The number of rotatable bonds is 5. The molecule has 1 heterocycles. The average Bonchev–Trinajstić information content (AvgIpc) is 2.45. The lowest BCUT2D eigenvalue weighted by Crippen LogP contribution is -2.13. The molecule has 2 rings (SSSR count). The van der Waals surface area contributed by atoms with Gasteiger partial charge in [-0.15, -0.1) is 0 Å². The van der Waals surface area contributed by atoms with Gasteiger partial charge in [-0.2, -0.15) is 0 Å². The number of aromatic nitrogens is 2. The van der Waals surface area contributed by atoms with Gasteiger partial charge in [-0.1, -0.05) is 0 Å². The van der Waals surface area contributed by atoms with Crippen molar-refractivity contribution in [2.45, 2.75) is 11.4 Å². The first kappa shape index (κ1) is 14.2. The molecule has 0 aliphatic heterocycles. The minimum Gasteiger partial charge on any atom is -0.495 e. The van der Waals surface area contributed by atoms with Crippen LogP contribution >= 0.6 is 0 Å². The highest BCUT2D eigenvalue weighted by atomic mass is 32.2. The van der Waals surface area contributed by atoms with Crippen LogP contribution < -0.4 is 15.2 Å². The van der Waals surface area contributed by atoms with Crippen molar-refractivity contribution in [1.29, 1.82) is 0 Å². The van der Waals surface area contributed by atoms with Gasteiger partial charge in [0.25, 0.3) is 0 Å². The number of benzene rings is 1. The van der Waals surface area contributed by atoms with E-state index < -0.39 is 10.0 Å². The van der Waals surface area contributed by atoms with Gasteiger partial charge in [0.15, 0.2) is 0 Å². The van der Waals surface area contributed by atoms with Crippen molar-refractivity contribution in [3.8, 4) is 5.75 Å². The molecule has 2 aromatic rings. The first-order chi connectivity index (χ1) is 9.50. The number of sulfonamides is 1. The molecule has 0 atom stereocenters. The maximum atomic E-state index is 11.3. The zero-order chi connectivity index (χ0) is 14.6. The number of primary sulfonamides is 1. The third-order valence-electron chi connectivity index (χ3n) is 2.60. The Hall–Kier alpha value is -2.19. The Labute approximate surface area is 116 Å². The van der Waals surface area contributed by atoms with Crippen LogP contribution in [-0.4, -0.2) is 25.5 Å². The van der Waals surface area contributed by atoms with E-state index in [-0.39, 0.29) is 4.90 Å². The van der Waals surface area contributed by atoms with Gasteiger partial charge in [0, 0.05) is 6.20 Å². The minimum absolute atomic E-state index is 0.0171. The zero-order valence-electron chi connectivity index (χ0n) is 10.8. The van der Waals surface area contributed by atoms with Crippen LogP contribution in [0.4, 0.5) is 5.69 Å². The van der Waals surface area contributed by atoms with Gasteiger partial charge in [-0.05, 0) is 24.3 Å². The number of methoxy groups -OCH3 is 1. The Balaban J connectivity index is 2.25. The van der Waals surface area contributed by atoms with Crippen LogP contribution in [0, 0.1) is 0 Å². The zero-order valence-corrected chi connectivity index (χ0v) is 11.6. The van der Waals surface area contributed by atoms with Crippen LogP contribution in [0.2, 0.25) is 0 Å². The molecule has 0 radical (unpaired) electrons. The van der Waals surface area contributed by atoms with Crippen molar-refractivity contribution in [2.24, 2.45) is 5.14 Å². The van der Waals surface area contributed by atoms with E-state index in [2.05, 4.69) is 15.3 Å². The number of hydrogen-bond donors (Lipinski definition) is 2. The van der Waals surface area contributed by atoms with Crippen LogP contribution in [0.3, 0.4) is 0 Å². The second-order valence-electron chi connectivity index (χ2n) is 3.96. The Morgan fingerprint density at radius 2 is 2.15 bits per heavy atom. The first-order valence-corrected chi connectivity index (χ1v) is 7.25. The standard InChI is InChI=1S/C12H14N4O3S/c1-19-12-3-2-10(20(13,17)18)6-11(12)15-7-9-4-5-14-8-16-9/h2-6,8,15H,7H2,1H3,(H2,13,17,18). The van der Waals surface area contributed by atoms with Gasteiger partial charge < -0.3 is 10.1 Å². The molecule has 0 saturated carbocycles. The van der Waals surface area contributed by atoms with Crippen LogP contribution in [0.25, 0.3) is 0 Å². The highest BCUT2D eigenvalue weighted by molar-refractivity contribution is 7.89. The van der Waals surface area contributed by atoms with Crippen molar-refractivity contribution >= 4 is 15.7 Å². The van der Waals surface area contributed by atoms with E-state index >= 15 is 0 Å². The van der Waals surface area contributed by atoms with Gasteiger partial charge in [0.1, 0.15) is 12.1 Å². The fraction of sp³-hybridized carbons (Fsp3) is 0.167. The summed E-state index contributed by atoms with van der Waals surface area (Å²) in [6, 6.07) is 6.12. The largest absolute Gasteiger partial charge is 0.495 e. The number of hydrogen-bond acceptors (Lipinski definition) is 6. The lowest BCUT2D eigenvalue weighted by molar-refractivity contribution is 0.416. The number of anilines is 1. The summed E-state index contributed by atoms with van der Waals surface area (Å²) in [6.07, 6.45) is 3.07. The lowest BCUT2D eigenvalue weighted by atomic mass is 10.3. The predicted molar refractivity (Wildman–Crippen MR) is 73.7 cm³/mol. The van der Waals surface area contributed by atoms with Gasteiger partial charge in [-0.25, -0.2) is 23.5 Å². The number of nitrogens with zero attached hydrogens (tertiary/aromatic N) is 2. The molecule has 0 aliphatic rings. The maximum absolute atomic E-state index is 11.3. The molecule has 0 bridgehead atoms. The summed E-state index contributed by atoms with van der Waals surface area (Å²) in [5.41, 5.74) is 1.29. The second-order valence-corrected chi connectivity index (χ2v) is 5.52. The van der Waals surface area contributed by atoms with Crippen molar-refractivity contribution in [3.63, 3.8) is 0 Å². The van der Waals surface area contributed by atoms with Gasteiger partial charge in [-0.3, -0.25) is 0 Å². The predicted octanol–water partition coefficient (Wildman–Crippen LogP) is 0.745. The molecule has 7 nitrogen and oxygen atoms in total. The Morgan fingerprint density at radius 1 is 1.35 bits per heavy atom. The van der Waals surface area contributed by atoms with Gasteiger partial charge in [0.2, 0.25) is 10.0 Å². The third kappa shape index (κ3) is 3.43. The molecule has 20 heavy (non-hydrogen) atoms. The molecule has 3 N–H and O–H groups in total. The fourth-order valence-corrected chi connectivity index (χ4v) is 2.15. The summed E-state index contributed by atoms with van der Waals surface area (Å²) in [5, 5.41) is 8.17. The Morgan fingerprint density at radius 3 is 2.75 bits per heavy atom. The summed E-state index contributed by atoms with van der Waals surface area (Å²) in [6.45, 7) is 0.410. The molecular weight excluding hydrogens is 280 g/mol. The van der Waals surface area contributed by atoms with E-state index in [1.165, 1.54) is 25.6 Å². The molecule has 0 aliphatic carbocycles. The highest BCUT2D eigenvalue weighted by Gasteiger charge is 2.12. The maximum Gasteiger partial charge on any atom is 0.238 e. The molecule has 1 aromatic carbocycles. The van der Waals surface area contributed by atoms with E-state index in [4.69, 9.17) is 9.88 Å². The Kier molecular flexibility index (Phi) is 4.16. The molecular formula is C12H14N4O3S. The average molecular weight is 294 g/mol. The van der Waals surface area contributed by atoms with Crippen molar-refractivity contribution in [3.05, 3.63) is 42.5 Å². The quantitative estimate of drug-likeness (QED) is 0.842. The van der Waals surface area contributed by atoms with E-state index in [0.29, 0.717) is 18.0 Å². The van der Waals surface area contributed by atoms with Crippen LogP contribution in [0.15, 0.2) is 41.7 Å². The molecule has 0 fully saturated rings. The molecule has 0 unspecified atom stereocenters. The van der Waals surface area contributed by atoms with Crippen LogP contribution in [-0.2, 0) is 16.6 Å². The summed E-state index contributed by atoms with van der Waals surface area (Å²) in [7, 11) is -2.25. The number of ether oxygens (including phenoxy) is 1. The number of nitrogens with one attached hydrogen (secondary N) is 1. The van der Waals surface area contributed by atoms with Crippen molar-refractivity contribution in [2.75, 3.05) is 12.4 Å². The second kappa shape index (κ2) is 5.85. The fourth-order valence-electron chi connectivity index (χ4n) is 1.61. The molecule has 8 heteroatoms. The summed E-state index contributed by atoms with van der Waals surface area (Å²) >= 11 is 0. The first-order valence-electron chi connectivity index (χ1n) is 5.70. The monoisotopic (exact) mass is 294 g/mol. The van der Waals surface area contributed by atoms with Gasteiger partial charge >= 0.3 is 0 Å². The topological polar surface area (TPSA) is 107 Å². The van der Waals surface area contributed by atoms with E-state index in [0.717, 1.165) is 5.69 Å². The van der Waals surface area contributed by atoms with E-state index in [1.807, 2.05) is 0 Å². The highest BCUT2D eigenvalue weighted by Crippen LogP contribution is 2.27. The van der Waals surface area contributed by atoms with E-state index in [1.54, 1.807) is 18.3 Å². The molecule has 0 amide bonds. The van der Waals surface area contributed by atoms with Crippen LogP contribution in [0.1, 0.15) is 5.69 Å². The third-order valence-corrected chi connectivity index (χ3v) is 3.51. The molecule has 106 valence electrons. The molecule has 1 aromatic heterocycles. The van der Waals surface area contributed by atoms with Crippen molar-refractivity contribution < 1.29 is 13.2 Å². The van der Waals surface area contributed by atoms with Gasteiger partial charge in [0.05, 0.1) is 29.9 Å². The van der Waals surface area contributed by atoms with Crippen LogP contribution in [0.5, 0.6) is 5.75 Å². The lowest BCUT2D eigenvalue weighted by Gasteiger charge is -2.12. The summed E-state index contributed by atoms with van der Waals surface area (Å²) < 4.78 is 27.9.